The topological polar surface area (TPSA) is 75.7 Å². The molecule has 0 spiro atoms. The number of benzene rings is 2. The number of rotatable bonds is 8. The van der Waals surface area contributed by atoms with E-state index in [9.17, 15) is 17.6 Å². The second kappa shape index (κ2) is 9.47. The van der Waals surface area contributed by atoms with Gasteiger partial charge in [0.05, 0.1) is 13.2 Å². The minimum atomic E-state index is -4.27. The van der Waals surface area contributed by atoms with Crippen LogP contribution in [0.3, 0.4) is 0 Å². The summed E-state index contributed by atoms with van der Waals surface area (Å²) >= 11 is 5.70. The highest BCUT2D eigenvalue weighted by Crippen LogP contribution is 2.23. The largest absolute Gasteiger partial charge is 0.383 e. The van der Waals surface area contributed by atoms with Gasteiger partial charge in [0.25, 0.3) is 0 Å². The Morgan fingerprint density at radius 1 is 1.25 bits per heavy atom. The maximum atomic E-state index is 14.2. The number of carbonyl (C=O) groups excluding carboxylic acids is 1. The summed E-state index contributed by atoms with van der Waals surface area (Å²) in [6.45, 7) is 3.21. The number of anilines is 1. The third-order valence-corrected chi connectivity index (χ3v) is 6.37. The van der Waals surface area contributed by atoms with Gasteiger partial charge in [0.15, 0.2) is 0 Å². The number of methoxy groups -OCH3 is 1. The van der Waals surface area contributed by atoms with Crippen molar-refractivity contribution in [3.05, 3.63) is 58.4 Å². The smallest absolute Gasteiger partial charge is 0.246 e. The van der Waals surface area contributed by atoms with Crippen LogP contribution in [0.2, 0.25) is 5.02 Å². The second-order valence-electron chi connectivity index (χ2n) is 6.20. The second-order valence-corrected chi connectivity index (χ2v) is 8.54. The Hall–Kier alpha value is -2.00. The molecule has 6 nitrogen and oxygen atoms in total. The van der Waals surface area contributed by atoms with Crippen molar-refractivity contribution in [3.8, 4) is 0 Å². The average molecular weight is 429 g/mol. The number of sulfonamides is 1. The van der Waals surface area contributed by atoms with Crippen LogP contribution < -0.4 is 5.32 Å². The predicted octanol–water partition coefficient (Wildman–Crippen LogP) is 3.37. The van der Waals surface area contributed by atoms with Crippen LogP contribution in [-0.4, -0.2) is 45.4 Å². The monoisotopic (exact) mass is 428 g/mol. The maximum absolute atomic E-state index is 14.2. The van der Waals surface area contributed by atoms with Crippen molar-refractivity contribution in [1.29, 1.82) is 0 Å². The highest BCUT2D eigenvalue weighted by Gasteiger charge is 2.29. The number of hydrogen-bond donors (Lipinski definition) is 1. The molecule has 2 aromatic carbocycles. The molecular weight excluding hydrogens is 407 g/mol. The zero-order valence-electron chi connectivity index (χ0n) is 15.8. The standard InChI is InChI=1S/C19H22ClFN2O4S/c1-13-5-4-6-17(14(13)2)22-19(24)12-23(9-10-27-3)28(25,26)18-8-7-15(20)11-16(18)21/h4-8,11H,9-10,12H2,1-3H3,(H,22,24). The molecule has 152 valence electrons. The summed E-state index contributed by atoms with van der Waals surface area (Å²) in [7, 11) is -2.86. The van der Waals surface area contributed by atoms with Crippen molar-refractivity contribution in [1.82, 2.24) is 4.31 Å². The van der Waals surface area contributed by atoms with Gasteiger partial charge >= 0.3 is 0 Å². The van der Waals surface area contributed by atoms with Crippen LogP contribution in [0, 0.1) is 19.7 Å². The molecule has 0 aromatic heterocycles. The van der Waals surface area contributed by atoms with E-state index in [0.717, 1.165) is 27.6 Å². The van der Waals surface area contributed by atoms with E-state index in [1.165, 1.54) is 13.2 Å². The van der Waals surface area contributed by atoms with Crippen molar-refractivity contribution < 1.29 is 22.3 Å². The molecule has 0 radical (unpaired) electrons. The summed E-state index contributed by atoms with van der Waals surface area (Å²) in [5, 5.41) is 2.78. The lowest BCUT2D eigenvalue weighted by molar-refractivity contribution is -0.116. The van der Waals surface area contributed by atoms with Crippen LogP contribution in [0.5, 0.6) is 0 Å². The summed E-state index contributed by atoms with van der Waals surface area (Å²) in [6.07, 6.45) is 0. The SMILES string of the molecule is COCCN(CC(=O)Nc1cccc(C)c1C)S(=O)(=O)c1ccc(Cl)cc1F. The highest BCUT2D eigenvalue weighted by atomic mass is 35.5. The van der Waals surface area contributed by atoms with Gasteiger partial charge in [0.2, 0.25) is 15.9 Å². The van der Waals surface area contributed by atoms with Gasteiger partial charge in [-0.15, -0.1) is 0 Å². The number of carbonyl (C=O) groups is 1. The average Bonchev–Trinajstić information content (AvgIpc) is 2.62. The Labute approximate surface area is 169 Å². The normalized spacial score (nSPS) is 11.6. The molecule has 0 unspecified atom stereocenters. The number of nitrogens with one attached hydrogen (secondary N) is 1. The molecule has 0 aliphatic heterocycles. The summed E-state index contributed by atoms with van der Waals surface area (Å²) < 4.78 is 45.8. The van der Waals surface area contributed by atoms with Crippen LogP contribution in [0.15, 0.2) is 41.3 Å². The van der Waals surface area contributed by atoms with Gasteiger partial charge in [-0.25, -0.2) is 12.8 Å². The van der Waals surface area contributed by atoms with Crippen molar-refractivity contribution in [3.63, 3.8) is 0 Å². The number of aryl methyl sites for hydroxylation is 1. The van der Waals surface area contributed by atoms with Gasteiger partial charge in [-0.2, -0.15) is 4.31 Å². The van der Waals surface area contributed by atoms with Crippen molar-refractivity contribution in [2.75, 3.05) is 32.1 Å². The van der Waals surface area contributed by atoms with Crippen LogP contribution in [0.4, 0.5) is 10.1 Å². The molecule has 9 heteroatoms. The summed E-state index contributed by atoms with van der Waals surface area (Å²) in [5.74, 6) is -1.52. The fourth-order valence-electron chi connectivity index (χ4n) is 2.54. The van der Waals surface area contributed by atoms with Crippen molar-refractivity contribution in [2.24, 2.45) is 0 Å². The van der Waals surface area contributed by atoms with Gasteiger partial charge in [-0.1, -0.05) is 23.7 Å². The fourth-order valence-corrected chi connectivity index (χ4v) is 4.12. The van der Waals surface area contributed by atoms with E-state index in [2.05, 4.69) is 5.32 Å². The predicted molar refractivity (Wildman–Crippen MR) is 107 cm³/mol. The molecule has 0 saturated carbocycles. The Morgan fingerprint density at radius 2 is 1.96 bits per heavy atom. The van der Waals surface area contributed by atoms with E-state index in [1.54, 1.807) is 12.1 Å². The molecular formula is C19H22ClFN2O4S. The van der Waals surface area contributed by atoms with E-state index in [4.69, 9.17) is 16.3 Å². The van der Waals surface area contributed by atoms with Crippen molar-refractivity contribution in [2.45, 2.75) is 18.7 Å². The molecule has 0 heterocycles. The first-order valence-corrected chi connectivity index (χ1v) is 10.3. The molecule has 28 heavy (non-hydrogen) atoms. The Morgan fingerprint density at radius 3 is 2.61 bits per heavy atom. The van der Waals surface area contributed by atoms with Gasteiger partial charge in [0.1, 0.15) is 10.7 Å². The van der Waals surface area contributed by atoms with E-state index in [1.807, 2.05) is 19.9 Å². The Balaban J connectivity index is 2.27. The van der Waals surface area contributed by atoms with E-state index in [-0.39, 0.29) is 18.2 Å². The lowest BCUT2D eigenvalue weighted by atomic mass is 10.1. The Kier molecular flexibility index (Phi) is 7.54. The zero-order valence-corrected chi connectivity index (χ0v) is 17.4. The number of halogens is 2. The summed E-state index contributed by atoms with van der Waals surface area (Å²) in [5.41, 5.74) is 2.46. The minimum absolute atomic E-state index is 0.0468. The maximum Gasteiger partial charge on any atom is 0.246 e. The van der Waals surface area contributed by atoms with E-state index in [0.29, 0.717) is 5.69 Å². The number of ether oxygens (including phenoxy) is 1. The van der Waals surface area contributed by atoms with E-state index < -0.39 is 33.2 Å². The van der Waals surface area contributed by atoms with Gasteiger partial charge in [-0.3, -0.25) is 4.79 Å². The van der Waals surface area contributed by atoms with Crippen molar-refractivity contribution >= 4 is 33.2 Å². The van der Waals surface area contributed by atoms with Crippen LogP contribution in [-0.2, 0) is 19.6 Å². The van der Waals surface area contributed by atoms with Crippen LogP contribution in [0.25, 0.3) is 0 Å². The summed E-state index contributed by atoms with van der Waals surface area (Å²) in [4.78, 5) is 11.9. The molecule has 0 aliphatic carbocycles. The van der Waals surface area contributed by atoms with Gasteiger partial charge in [0, 0.05) is 24.4 Å². The molecule has 1 N–H and O–H groups in total. The first kappa shape index (κ1) is 22.3. The van der Waals surface area contributed by atoms with Gasteiger partial charge < -0.3 is 10.1 Å². The lowest BCUT2D eigenvalue weighted by Crippen LogP contribution is -2.40. The third kappa shape index (κ3) is 5.29. The van der Waals surface area contributed by atoms with Crippen LogP contribution in [0.1, 0.15) is 11.1 Å². The summed E-state index contributed by atoms with van der Waals surface area (Å²) in [6, 6.07) is 8.70. The number of amides is 1. The number of nitrogens with zero attached hydrogens (tertiary/aromatic N) is 1. The molecule has 0 aliphatic rings. The molecule has 0 fully saturated rings. The fraction of sp³-hybridized carbons (Fsp3) is 0.316. The molecule has 1 amide bonds. The van der Waals surface area contributed by atoms with Gasteiger partial charge in [-0.05, 0) is 49.2 Å². The first-order valence-electron chi connectivity index (χ1n) is 8.47. The molecule has 0 saturated heterocycles. The molecule has 0 bridgehead atoms. The molecule has 2 rings (SSSR count). The van der Waals surface area contributed by atoms with E-state index >= 15 is 0 Å². The third-order valence-electron chi connectivity index (χ3n) is 4.26. The lowest BCUT2D eigenvalue weighted by Gasteiger charge is -2.22. The first-order chi connectivity index (χ1) is 13.2. The molecule has 0 atom stereocenters. The quantitative estimate of drug-likeness (QED) is 0.699. The van der Waals surface area contributed by atoms with Crippen LogP contribution >= 0.6 is 11.6 Å². The molecule has 2 aromatic rings. The highest BCUT2D eigenvalue weighted by molar-refractivity contribution is 7.89. The zero-order chi connectivity index (χ0) is 20.9. The number of hydrogen-bond acceptors (Lipinski definition) is 4. The minimum Gasteiger partial charge on any atom is -0.383 e. The Bertz CT molecular complexity index is 966.